The molecule has 1 aliphatic heterocycles. The van der Waals surface area contributed by atoms with Crippen molar-refractivity contribution in [3.63, 3.8) is 0 Å². The zero-order chi connectivity index (χ0) is 18.1. The van der Waals surface area contributed by atoms with Gasteiger partial charge >= 0.3 is 0 Å². The monoisotopic (exact) mass is 341 g/mol. The fourth-order valence-electron chi connectivity index (χ4n) is 3.00. The highest BCUT2D eigenvalue weighted by Crippen LogP contribution is 2.26. The van der Waals surface area contributed by atoms with Crippen LogP contribution in [0.1, 0.15) is 16.7 Å². The van der Waals surface area contributed by atoms with E-state index >= 15 is 0 Å². The van der Waals surface area contributed by atoms with Gasteiger partial charge in [-0.15, -0.1) is 0 Å². The maximum atomic E-state index is 11.7. The number of nitrogen functional groups attached to an aromatic ring is 1. The number of rotatable bonds is 3. The predicted molar refractivity (Wildman–Crippen MR) is 96.4 cm³/mol. The van der Waals surface area contributed by atoms with Crippen LogP contribution in [0.5, 0.6) is 0 Å². The Morgan fingerprint density at radius 1 is 1.28 bits per heavy atom. The van der Waals surface area contributed by atoms with Gasteiger partial charge in [0, 0.05) is 26.7 Å². The van der Waals surface area contributed by atoms with E-state index in [1.807, 2.05) is 23.1 Å². The first kappa shape index (κ1) is 16.7. The van der Waals surface area contributed by atoms with Crippen molar-refractivity contribution in [2.75, 3.05) is 24.2 Å². The van der Waals surface area contributed by atoms with Crippen LogP contribution >= 0.6 is 0 Å². The van der Waals surface area contributed by atoms with Crippen molar-refractivity contribution in [1.82, 2.24) is 5.32 Å². The molecule has 1 heterocycles. The summed E-state index contributed by atoms with van der Waals surface area (Å²) >= 11 is 0. The molecule has 8 nitrogen and oxygen atoms in total. The fourth-order valence-corrected chi connectivity index (χ4v) is 3.00. The Morgan fingerprint density at radius 2 is 2.04 bits per heavy atom. The van der Waals surface area contributed by atoms with E-state index in [1.165, 1.54) is 12.6 Å². The third kappa shape index (κ3) is 2.98. The normalized spacial score (nSPS) is 14.4. The molecule has 3 rings (SSSR count). The summed E-state index contributed by atoms with van der Waals surface area (Å²) in [7, 11) is 1.45. The maximum absolute atomic E-state index is 11.7. The number of anilines is 2. The van der Waals surface area contributed by atoms with Crippen LogP contribution in [-0.4, -0.2) is 25.3 Å². The van der Waals surface area contributed by atoms with Gasteiger partial charge in [0.2, 0.25) is 0 Å². The van der Waals surface area contributed by atoms with Gasteiger partial charge in [-0.1, -0.05) is 18.2 Å². The molecule has 1 amide bonds. The maximum Gasteiger partial charge on any atom is 0.286 e. The molecule has 0 unspecified atom stereocenters. The van der Waals surface area contributed by atoms with Gasteiger partial charge in [-0.2, -0.15) is 0 Å². The Kier molecular flexibility index (Phi) is 4.26. The lowest BCUT2D eigenvalue weighted by Gasteiger charge is -2.32. The highest BCUT2D eigenvalue weighted by molar-refractivity contribution is 6.37. The molecular weight excluding hydrogens is 322 g/mol. The van der Waals surface area contributed by atoms with E-state index in [0.717, 1.165) is 17.5 Å². The van der Waals surface area contributed by atoms with E-state index in [1.54, 1.807) is 0 Å². The molecular formula is C17H19N5O3. The van der Waals surface area contributed by atoms with Crippen LogP contribution in [0.3, 0.4) is 0 Å². The molecule has 0 saturated carbocycles. The molecule has 2 aromatic rings. The van der Waals surface area contributed by atoms with Crippen LogP contribution in [-0.2, 0) is 24.3 Å². The van der Waals surface area contributed by atoms with E-state index in [0.29, 0.717) is 25.3 Å². The highest BCUT2D eigenvalue weighted by atomic mass is 16.2. The van der Waals surface area contributed by atoms with Crippen LogP contribution in [0.4, 0.5) is 11.4 Å². The summed E-state index contributed by atoms with van der Waals surface area (Å²) in [6.45, 7) is 1.47. The second kappa shape index (κ2) is 6.39. The third-order valence-corrected chi connectivity index (χ3v) is 4.45. The molecule has 0 fully saturated rings. The molecule has 2 aromatic carbocycles. The van der Waals surface area contributed by atoms with Gasteiger partial charge in [0.15, 0.2) is 5.84 Å². The SMILES string of the molecule is CN=C(N)C(=O)NCc1ccc2c(c1)CN(c1c(N)c(=O)c1=O)CC2. The summed E-state index contributed by atoms with van der Waals surface area (Å²) in [5.41, 5.74) is 13.5. The fraction of sp³-hybridized carbons (Fsp3) is 0.294. The van der Waals surface area contributed by atoms with E-state index < -0.39 is 16.8 Å². The first-order valence-electron chi connectivity index (χ1n) is 7.87. The first-order chi connectivity index (χ1) is 11.9. The van der Waals surface area contributed by atoms with Crippen molar-refractivity contribution >= 4 is 23.1 Å². The average Bonchev–Trinajstić information content (AvgIpc) is 2.64. The number of hydrogen-bond donors (Lipinski definition) is 3. The average molecular weight is 341 g/mol. The van der Waals surface area contributed by atoms with Crippen molar-refractivity contribution in [2.45, 2.75) is 19.5 Å². The standard InChI is InChI=1S/C17H19N5O3/c1-20-16(19)17(25)21-7-9-2-3-10-4-5-22(8-11(10)6-9)13-12(18)14(23)15(13)24/h2-3,6H,4-5,7-8,18H2,1H3,(H2,19,20)(H,21,25). The van der Waals surface area contributed by atoms with Crippen molar-refractivity contribution in [2.24, 2.45) is 10.7 Å². The number of amides is 1. The number of fused-ring (bicyclic) bond motifs is 1. The van der Waals surface area contributed by atoms with E-state index in [2.05, 4.69) is 10.3 Å². The molecule has 0 radical (unpaired) electrons. The number of amidine groups is 1. The number of nitrogens with one attached hydrogen (secondary N) is 1. The second-order valence-corrected chi connectivity index (χ2v) is 5.99. The number of aliphatic imine (C=N–C) groups is 1. The van der Waals surface area contributed by atoms with Crippen molar-refractivity contribution in [3.05, 3.63) is 55.3 Å². The summed E-state index contributed by atoms with van der Waals surface area (Å²) < 4.78 is 0. The van der Waals surface area contributed by atoms with Gasteiger partial charge in [0.05, 0.1) is 0 Å². The van der Waals surface area contributed by atoms with Gasteiger partial charge in [-0.3, -0.25) is 19.4 Å². The van der Waals surface area contributed by atoms with Crippen LogP contribution in [0, 0.1) is 0 Å². The van der Waals surface area contributed by atoms with Gasteiger partial charge < -0.3 is 21.7 Å². The summed E-state index contributed by atoms with van der Waals surface area (Å²) in [4.78, 5) is 40.2. The van der Waals surface area contributed by atoms with Crippen LogP contribution < -0.4 is 32.5 Å². The van der Waals surface area contributed by atoms with Crippen molar-refractivity contribution in [1.29, 1.82) is 0 Å². The minimum absolute atomic E-state index is 0.0474. The number of nitrogens with two attached hydrogens (primary N) is 2. The Bertz CT molecular complexity index is 940. The van der Waals surface area contributed by atoms with E-state index in [4.69, 9.17) is 11.5 Å². The zero-order valence-corrected chi connectivity index (χ0v) is 13.8. The predicted octanol–water partition coefficient (Wildman–Crippen LogP) is -0.969. The van der Waals surface area contributed by atoms with Crippen LogP contribution in [0.25, 0.3) is 0 Å². The summed E-state index contributed by atoms with van der Waals surface area (Å²) in [5, 5.41) is 2.70. The van der Waals surface area contributed by atoms with Crippen LogP contribution in [0.15, 0.2) is 32.8 Å². The number of nitrogens with zero attached hydrogens (tertiary/aromatic N) is 2. The molecule has 0 atom stereocenters. The smallest absolute Gasteiger partial charge is 0.286 e. The van der Waals surface area contributed by atoms with E-state index in [-0.39, 0.29) is 11.5 Å². The Morgan fingerprint density at radius 3 is 2.72 bits per heavy atom. The highest BCUT2D eigenvalue weighted by Gasteiger charge is 2.26. The van der Waals surface area contributed by atoms with E-state index in [9.17, 15) is 14.4 Å². The van der Waals surface area contributed by atoms with Gasteiger partial charge in [-0.25, -0.2) is 0 Å². The Balaban J connectivity index is 1.75. The van der Waals surface area contributed by atoms with Gasteiger partial charge in [0.25, 0.3) is 16.8 Å². The molecule has 0 aliphatic carbocycles. The minimum Gasteiger partial charge on any atom is -0.394 e. The molecule has 130 valence electrons. The molecule has 0 saturated heterocycles. The van der Waals surface area contributed by atoms with Gasteiger partial charge in [0.1, 0.15) is 11.4 Å². The zero-order valence-electron chi connectivity index (χ0n) is 13.8. The molecule has 0 spiro atoms. The molecule has 0 bridgehead atoms. The second-order valence-electron chi connectivity index (χ2n) is 5.99. The van der Waals surface area contributed by atoms with Crippen molar-refractivity contribution < 1.29 is 4.79 Å². The Hall–Kier alpha value is -3.16. The Labute approximate surface area is 143 Å². The quantitative estimate of drug-likeness (QED) is 0.374. The lowest BCUT2D eigenvalue weighted by atomic mass is 9.96. The summed E-state index contributed by atoms with van der Waals surface area (Å²) in [6, 6.07) is 5.93. The third-order valence-electron chi connectivity index (χ3n) is 4.45. The molecule has 1 aliphatic rings. The number of benzene rings is 1. The topological polar surface area (TPSA) is 131 Å². The lowest BCUT2D eigenvalue weighted by molar-refractivity contribution is -0.115. The molecule has 8 heteroatoms. The molecule has 0 aromatic heterocycles. The lowest BCUT2D eigenvalue weighted by Crippen LogP contribution is -2.44. The molecule has 25 heavy (non-hydrogen) atoms. The van der Waals surface area contributed by atoms with Crippen LogP contribution in [0.2, 0.25) is 0 Å². The largest absolute Gasteiger partial charge is 0.394 e. The minimum atomic E-state index is -0.604. The molecule has 5 N–H and O–H groups in total. The summed E-state index contributed by atoms with van der Waals surface area (Å²) in [6.07, 6.45) is 0.760. The van der Waals surface area contributed by atoms with Crippen molar-refractivity contribution in [3.8, 4) is 0 Å². The number of hydrogen-bond acceptors (Lipinski definition) is 6. The number of carbonyl (C=O) groups is 1. The number of carbonyl (C=O) groups excluding carboxylic acids is 1. The summed E-state index contributed by atoms with van der Waals surface area (Å²) in [5.74, 6) is -0.488. The first-order valence-corrected chi connectivity index (χ1v) is 7.87. The van der Waals surface area contributed by atoms with Gasteiger partial charge in [-0.05, 0) is 23.1 Å².